The third-order valence-corrected chi connectivity index (χ3v) is 5.38. The average Bonchev–Trinajstić information content (AvgIpc) is 2.86. The van der Waals surface area contributed by atoms with Crippen LogP contribution in [-0.2, 0) is 11.3 Å². The summed E-state index contributed by atoms with van der Waals surface area (Å²) in [7, 11) is 2.01. The van der Waals surface area contributed by atoms with E-state index in [1.165, 1.54) is 18.3 Å². The predicted octanol–water partition coefficient (Wildman–Crippen LogP) is 4.54. The van der Waals surface area contributed by atoms with E-state index in [9.17, 15) is 14.0 Å². The number of carbonyl (C=O) groups excluding carboxylic acids is 2. The van der Waals surface area contributed by atoms with Gasteiger partial charge in [-0.3, -0.25) is 10.6 Å². The largest absolute Gasteiger partial charge is 0.457 e. The van der Waals surface area contributed by atoms with Gasteiger partial charge in [0, 0.05) is 44.5 Å². The van der Waals surface area contributed by atoms with Gasteiger partial charge in [-0.05, 0) is 30.8 Å². The van der Waals surface area contributed by atoms with Gasteiger partial charge in [0.15, 0.2) is 5.82 Å². The Kier molecular flexibility index (Phi) is 7.74. The summed E-state index contributed by atoms with van der Waals surface area (Å²) in [5.74, 6) is 0.229. The van der Waals surface area contributed by atoms with Gasteiger partial charge in [-0.1, -0.05) is 30.3 Å². The van der Waals surface area contributed by atoms with Crippen molar-refractivity contribution in [3.63, 3.8) is 0 Å². The molecule has 2 N–H and O–H groups in total. The maximum absolute atomic E-state index is 14.5. The molecule has 2 heterocycles. The van der Waals surface area contributed by atoms with Crippen LogP contribution in [0.25, 0.3) is 0 Å². The second kappa shape index (κ2) is 11.3. The van der Waals surface area contributed by atoms with Gasteiger partial charge in [-0.25, -0.2) is 19.0 Å². The zero-order valence-electron chi connectivity index (χ0n) is 19.2. The first-order valence-corrected chi connectivity index (χ1v) is 11.1. The molecule has 2 aromatic carbocycles. The number of aromatic nitrogens is 1. The van der Waals surface area contributed by atoms with Crippen molar-refractivity contribution >= 4 is 23.6 Å². The minimum atomic E-state index is -0.767. The number of hydrogen-bond donors (Lipinski definition) is 2. The number of carbonyl (C=O) groups is 2. The number of anilines is 2. The van der Waals surface area contributed by atoms with Crippen molar-refractivity contribution in [1.82, 2.24) is 14.8 Å². The van der Waals surface area contributed by atoms with Crippen molar-refractivity contribution in [3.8, 4) is 11.5 Å². The van der Waals surface area contributed by atoms with Crippen molar-refractivity contribution in [2.24, 2.45) is 0 Å². The van der Waals surface area contributed by atoms with Crippen molar-refractivity contribution in [2.45, 2.75) is 6.61 Å². The topological polar surface area (TPSA) is 96.0 Å². The highest BCUT2D eigenvalue weighted by Gasteiger charge is 2.19. The van der Waals surface area contributed by atoms with E-state index < -0.39 is 11.9 Å². The second-order valence-corrected chi connectivity index (χ2v) is 8.03. The molecule has 0 spiro atoms. The third-order valence-electron chi connectivity index (χ3n) is 5.38. The molecule has 10 heteroatoms. The Morgan fingerprint density at radius 1 is 0.971 bits per heavy atom. The molecule has 0 bridgehead atoms. The number of benzene rings is 2. The number of rotatable bonds is 6. The van der Waals surface area contributed by atoms with E-state index in [1.54, 1.807) is 17.0 Å². The van der Waals surface area contributed by atoms with Gasteiger partial charge in [-0.15, -0.1) is 0 Å². The Morgan fingerprint density at radius 2 is 1.71 bits per heavy atom. The highest BCUT2D eigenvalue weighted by atomic mass is 19.1. The number of ether oxygens (including phenoxy) is 2. The van der Waals surface area contributed by atoms with Gasteiger partial charge in [0.2, 0.25) is 0 Å². The quantitative estimate of drug-likeness (QED) is 0.539. The fraction of sp³-hybridized carbons (Fsp3) is 0.240. The molecular weight excluding hydrogens is 453 g/mol. The molecule has 1 aliphatic rings. The van der Waals surface area contributed by atoms with Crippen LogP contribution in [0.2, 0.25) is 0 Å². The van der Waals surface area contributed by atoms with E-state index in [0.717, 1.165) is 24.7 Å². The number of amides is 3. The minimum Gasteiger partial charge on any atom is -0.457 e. The lowest BCUT2D eigenvalue weighted by Gasteiger charge is -2.32. The number of nitrogens with zero attached hydrogens (tertiary/aromatic N) is 3. The normalized spacial score (nSPS) is 13.7. The molecule has 0 aliphatic carbocycles. The SMILES string of the molecule is CN1CCN(C(=O)Nc2cc(Oc3ccc(NC(=O)OCc4ccccc4)c(F)c3)ccn2)CC1. The molecule has 35 heavy (non-hydrogen) atoms. The van der Waals surface area contributed by atoms with Crippen LogP contribution in [0.3, 0.4) is 0 Å². The van der Waals surface area contributed by atoms with Crippen LogP contribution in [0.15, 0.2) is 66.9 Å². The lowest BCUT2D eigenvalue weighted by molar-refractivity contribution is 0.155. The summed E-state index contributed by atoms with van der Waals surface area (Å²) in [6.45, 7) is 2.97. The molecule has 1 aliphatic heterocycles. The van der Waals surface area contributed by atoms with Gasteiger partial charge in [0.25, 0.3) is 0 Å². The molecule has 182 valence electrons. The van der Waals surface area contributed by atoms with Crippen LogP contribution in [0.5, 0.6) is 11.5 Å². The number of pyridine rings is 1. The van der Waals surface area contributed by atoms with Crippen LogP contribution in [0.1, 0.15) is 5.56 Å². The summed E-state index contributed by atoms with van der Waals surface area (Å²) < 4.78 is 25.4. The zero-order valence-corrected chi connectivity index (χ0v) is 19.2. The van der Waals surface area contributed by atoms with Gasteiger partial charge < -0.3 is 19.3 Å². The van der Waals surface area contributed by atoms with E-state index in [1.807, 2.05) is 37.4 Å². The lowest BCUT2D eigenvalue weighted by atomic mass is 10.2. The summed E-state index contributed by atoms with van der Waals surface area (Å²) in [6.07, 6.45) is 0.723. The Labute approximate surface area is 202 Å². The first-order valence-electron chi connectivity index (χ1n) is 11.1. The fourth-order valence-electron chi connectivity index (χ4n) is 3.41. The number of nitrogens with one attached hydrogen (secondary N) is 2. The highest BCUT2D eigenvalue weighted by Crippen LogP contribution is 2.27. The van der Waals surface area contributed by atoms with E-state index in [-0.39, 0.29) is 24.1 Å². The molecule has 3 amide bonds. The van der Waals surface area contributed by atoms with E-state index in [2.05, 4.69) is 20.5 Å². The van der Waals surface area contributed by atoms with Gasteiger partial charge in [-0.2, -0.15) is 0 Å². The molecule has 1 fully saturated rings. The Morgan fingerprint density at radius 3 is 2.46 bits per heavy atom. The van der Waals surface area contributed by atoms with E-state index >= 15 is 0 Å². The van der Waals surface area contributed by atoms with Gasteiger partial charge >= 0.3 is 12.1 Å². The first kappa shape index (κ1) is 24.0. The van der Waals surface area contributed by atoms with Crippen LogP contribution >= 0.6 is 0 Å². The standard InChI is InChI=1S/C25H26FN5O4/c1-30-11-13-31(14-12-30)24(32)29-23-16-20(9-10-27-23)35-19-7-8-22(21(26)15-19)28-25(33)34-17-18-5-3-2-4-6-18/h2-10,15-16H,11-14,17H2,1H3,(H,28,33)(H,27,29,32). The number of halogens is 1. The molecule has 0 saturated carbocycles. The third kappa shape index (κ3) is 6.90. The number of urea groups is 1. The van der Waals surface area contributed by atoms with Crippen molar-refractivity contribution in [2.75, 3.05) is 43.9 Å². The van der Waals surface area contributed by atoms with Crippen molar-refractivity contribution in [1.29, 1.82) is 0 Å². The van der Waals surface area contributed by atoms with Crippen LogP contribution in [-0.4, -0.2) is 60.1 Å². The summed E-state index contributed by atoms with van der Waals surface area (Å²) in [6, 6.07) is 16.1. The van der Waals surface area contributed by atoms with Crippen LogP contribution < -0.4 is 15.4 Å². The molecule has 0 unspecified atom stereocenters. The lowest BCUT2D eigenvalue weighted by Crippen LogP contribution is -2.48. The predicted molar refractivity (Wildman–Crippen MR) is 129 cm³/mol. The summed E-state index contributed by atoms with van der Waals surface area (Å²) >= 11 is 0. The monoisotopic (exact) mass is 479 g/mol. The summed E-state index contributed by atoms with van der Waals surface area (Å²) in [4.78, 5) is 32.5. The highest BCUT2D eigenvalue weighted by molar-refractivity contribution is 5.88. The van der Waals surface area contributed by atoms with Crippen LogP contribution in [0.4, 0.5) is 25.5 Å². The molecule has 9 nitrogen and oxygen atoms in total. The molecule has 4 rings (SSSR count). The van der Waals surface area contributed by atoms with Crippen molar-refractivity contribution < 1.29 is 23.5 Å². The second-order valence-electron chi connectivity index (χ2n) is 8.03. The van der Waals surface area contributed by atoms with E-state index in [4.69, 9.17) is 9.47 Å². The molecule has 1 aromatic heterocycles. The zero-order chi connectivity index (χ0) is 24.6. The molecule has 0 radical (unpaired) electrons. The Bertz CT molecular complexity index is 1170. The molecule has 0 atom stereocenters. The molecule has 1 saturated heterocycles. The van der Waals surface area contributed by atoms with Gasteiger partial charge in [0.05, 0.1) is 5.69 Å². The number of hydrogen-bond acceptors (Lipinski definition) is 6. The Balaban J connectivity index is 1.31. The smallest absolute Gasteiger partial charge is 0.412 e. The number of piperazine rings is 1. The maximum Gasteiger partial charge on any atom is 0.412 e. The van der Waals surface area contributed by atoms with Crippen molar-refractivity contribution in [3.05, 3.63) is 78.2 Å². The minimum absolute atomic E-state index is 0.0368. The molecular formula is C25H26FN5O4. The van der Waals surface area contributed by atoms with E-state index in [0.29, 0.717) is 24.7 Å². The summed E-state index contributed by atoms with van der Waals surface area (Å²) in [5.41, 5.74) is 0.786. The summed E-state index contributed by atoms with van der Waals surface area (Å²) in [5, 5.41) is 5.14. The molecule has 3 aromatic rings. The first-order chi connectivity index (χ1) is 17.0. The van der Waals surface area contributed by atoms with Crippen LogP contribution in [0, 0.1) is 5.82 Å². The Hall–Kier alpha value is -4.18. The number of likely N-dealkylation sites (N-methyl/N-ethyl adjacent to an activating group) is 1. The van der Waals surface area contributed by atoms with Gasteiger partial charge in [0.1, 0.15) is 23.9 Å². The maximum atomic E-state index is 14.5. The fourth-order valence-corrected chi connectivity index (χ4v) is 3.41. The average molecular weight is 480 g/mol.